The van der Waals surface area contributed by atoms with E-state index in [9.17, 15) is 0 Å². The van der Waals surface area contributed by atoms with Gasteiger partial charge in [0.15, 0.2) is 5.65 Å². The number of hydrazone groups is 1. The maximum atomic E-state index is 4.56. The van der Waals surface area contributed by atoms with Crippen LogP contribution in [-0.2, 0) is 7.05 Å². The molecule has 0 radical (unpaired) electrons. The lowest BCUT2D eigenvalue weighted by molar-refractivity contribution is 0.607. The Morgan fingerprint density at radius 2 is 2.17 bits per heavy atom. The van der Waals surface area contributed by atoms with Gasteiger partial charge in [-0.05, 0) is 38.2 Å². The Morgan fingerprint density at radius 3 is 3.00 bits per heavy atom. The van der Waals surface area contributed by atoms with Crippen LogP contribution in [0.5, 0.6) is 0 Å². The van der Waals surface area contributed by atoms with Crippen LogP contribution < -0.4 is 5.43 Å². The number of hydrogen-bond donors (Lipinski definition) is 1. The molecule has 6 nitrogen and oxygen atoms in total. The zero-order valence-electron chi connectivity index (χ0n) is 13.9. The molecule has 0 bridgehead atoms. The molecule has 0 unspecified atom stereocenters. The van der Waals surface area contributed by atoms with Crippen LogP contribution in [0.3, 0.4) is 0 Å². The Bertz CT molecular complexity index is 953. The molecule has 0 saturated heterocycles. The van der Waals surface area contributed by atoms with E-state index < -0.39 is 0 Å². The number of aromatic nitrogens is 4. The van der Waals surface area contributed by atoms with Crippen LogP contribution in [0.25, 0.3) is 22.1 Å². The molecule has 1 aromatic carbocycles. The van der Waals surface area contributed by atoms with Crippen molar-refractivity contribution in [2.45, 2.75) is 26.2 Å². The highest BCUT2D eigenvalue weighted by molar-refractivity contribution is 6.04. The highest BCUT2D eigenvalue weighted by atomic mass is 15.4. The number of rotatable bonds is 3. The van der Waals surface area contributed by atoms with E-state index in [1.165, 1.54) is 5.57 Å². The molecule has 0 aliphatic heterocycles. The van der Waals surface area contributed by atoms with Crippen LogP contribution in [0.4, 0.5) is 5.95 Å². The predicted octanol–water partition coefficient (Wildman–Crippen LogP) is 3.66. The molecule has 0 amide bonds. The number of para-hydroxylation sites is 1. The topological polar surface area (TPSA) is 68.0 Å². The highest BCUT2D eigenvalue weighted by Crippen LogP contribution is 2.25. The van der Waals surface area contributed by atoms with Crippen molar-refractivity contribution in [2.24, 2.45) is 18.1 Å². The van der Waals surface area contributed by atoms with Crippen LogP contribution in [0.2, 0.25) is 0 Å². The van der Waals surface area contributed by atoms with E-state index in [0.717, 1.165) is 41.3 Å². The summed E-state index contributed by atoms with van der Waals surface area (Å²) in [5, 5.41) is 13.8. The number of anilines is 1. The second kappa shape index (κ2) is 6.03. The minimum Gasteiger partial charge on any atom is -0.327 e. The van der Waals surface area contributed by atoms with Crippen molar-refractivity contribution in [3.8, 4) is 0 Å². The van der Waals surface area contributed by atoms with Crippen LogP contribution >= 0.6 is 0 Å². The van der Waals surface area contributed by atoms with Crippen LogP contribution in [0, 0.1) is 5.92 Å². The number of nitrogens with one attached hydrogen (secondary N) is 1. The van der Waals surface area contributed by atoms with Crippen molar-refractivity contribution in [1.29, 1.82) is 0 Å². The first-order valence-corrected chi connectivity index (χ1v) is 8.25. The standard InChI is InChI=1S/C18H20N6/c1-12-7-9-13(10-8-12)11-19-22-18-20-17-16(21-23-18)14-5-3-4-6-15(14)24(17)2/h3-7,11,13H,8-10H2,1-2H3,(H,20,22,23)/b19-11-/t13-/m1/s1. The summed E-state index contributed by atoms with van der Waals surface area (Å²) in [6, 6.07) is 8.11. The molecule has 1 N–H and O–H groups in total. The molecule has 0 fully saturated rings. The van der Waals surface area contributed by atoms with Crippen LogP contribution in [0.15, 0.2) is 41.0 Å². The smallest absolute Gasteiger partial charge is 0.265 e. The van der Waals surface area contributed by atoms with E-state index in [0.29, 0.717) is 11.9 Å². The number of fused-ring (bicyclic) bond motifs is 3. The van der Waals surface area contributed by atoms with Crippen molar-refractivity contribution in [3.05, 3.63) is 35.9 Å². The summed E-state index contributed by atoms with van der Waals surface area (Å²) in [4.78, 5) is 4.56. The summed E-state index contributed by atoms with van der Waals surface area (Å²) in [7, 11) is 1.99. The lowest BCUT2D eigenvalue weighted by Crippen LogP contribution is -2.08. The molecule has 24 heavy (non-hydrogen) atoms. The van der Waals surface area contributed by atoms with Gasteiger partial charge < -0.3 is 4.57 Å². The molecule has 1 atom stereocenters. The van der Waals surface area contributed by atoms with Gasteiger partial charge in [-0.3, -0.25) is 0 Å². The summed E-state index contributed by atoms with van der Waals surface area (Å²) in [6.07, 6.45) is 7.60. The van der Waals surface area contributed by atoms with Gasteiger partial charge in [0.25, 0.3) is 5.95 Å². The SMILES string of the molecule is CC1=CC[C@@H](/C=N\Nc2nnc3c4ccccc4n(C)c3n2)CC1. The largest absolute Gasteiger partial charge is 0.327 e. The number of hydrogen-bond acceptors (Lipinski definition) is 5. The van der Waals surface area contributed by atoms with Gasteiger partial charge in [0.1, 0.15) is 5.52 Å². The van der Waals surface area contributed by atoms with Gasteiger partial charge in [-0.1, -0.05) is 29.8 Å². The van der Waals surface area contributed by atoms with E-state index >= 15 is 0 Å². The molecule has 0 saturated carbocycles. The lowest BCUT2D eigenvalue weighted by Gasteiger charge is -2.15. The summed E-state index contributed by atoms with van der Waals surface area (Å²) >= 11 is 0. The van der Waals surface area contributed by atoms with E-state index in [2.05, 4.69) is 44.8 Å². The number of benzene rings is 1. The van der Waals surface area contributed by atoms with Crippen LogP contribution in [0.1, 0.15) is 26.2 Å². The first-order valence-electron chi connectivity index (χ1n) is 8.25. The quantitative estimate of drug-likeness (QED) is 0.454. The van der Waals surface area contributed by atoms with Crippen molar-refractivity contribution in [3.63, 3.8) is 0 Å². The second-order valence-electron chi connectivity index (χ2n) is 6.36. The van der Waals surface area contributed by atoms with E-state index in [1.54, 1.807) is 0 Å². The second-order valence-corrected chi connectivity index (χ2v) is 6.36. The molecular weight excluding hydrogens is 300 g/mol. The van der Waals surface area contributed by atoms with Gasteiger partial charge in [0.2, 0.25) is 0 Å². The molecule has 3 aromatic rings. The zero-order valence-corrected chi connectivity index (χ0v) is 13.9. The Balaban J connectivity index is 1.57. The Morgan fingerprint density at radius 1 is 1.29 bits per heavy atom. The lowest BCUT2D eigenvalue weighted by atomic mass is 9.91. The maximum Gasteiger partial charge on any atom is 0.265 e. The monoisotopic (exact) mass is 320 g/mol. The van der Waals surface area contributed by atoms with E-state index in [4.69, 9.17) is 0 Å². The molecule has 0 spiro atoms. The molecule has 2 aromatic heterocycles. The summed E-state index contributed by atoms with van der Waals surface area (Å²) < 4.78 is 2.03. The number of aryl methyl sites for hydroxylation is 1. The van der Waals surface area contributed by atoms with Crippen molar-refractivity contribution in [2.75, 3.05) is 5.43 Å². The highest BCUT2D eigenvalue weighted by Gasteiger charge is 2.12. The molecular formula is C18H20N6. The Kier molecular flexibility index (Phi) is 3.72. The fourth-order valence-corrected chi connectivity index (χ4v) is 3.18. The third kappa shape index (κ3) is 2.64. The fraction of sp³-hybridized carbons (Fsp3) is 0.333. The molecule has 1 aliphatic carbocycles. The van der Waals surface area contributed by atoms with Gasteiger partial charge in [-0.25, -0.2) is 5.43 Å². The van der Waals surface area contributed by atoms with Gasteiger partial charge in [-0.15, -0.1) is 10.2 Å². The molecule has 122 valence electrons. The third-order valence-corrected chi connectivity index (χ3v) is 4.63. The number of allylic oxidation sites excluding steroid dienone is 2. The van der Waals surface area contributed by atoms with Crippen LogP contribution in [-0.4, -0.2) is 26.0 Å². The molecule has 4 rings (SSSR count). The molecule has 6 heteroatoms. The third-order valence-electron chi connectivity index (χ3n) is 4.63. The minimum atomic E-state index is 0.423. The van der Waals surface area contributed by atoms with Gasteiger partial charge >= 0.3 is 0 Å². The van der Waals surface area contributed by atoms with Gasteiger partial charge in [-0.2, -0.15) is 10.1 Å². The first kappa shape index (κ1) is 14.8. The molecule has 2 heterocycles. The normalized spacial score (nSPS) is 18.4. The maximum absolute atomic E-state index is 4.56. The first-order chi connectivity index (χ1) is 11.7. The Labute approximate surface area is 140 Å². The summed E-state index contributed by atoms with van der Waals surface area (Å²) in [5.41, 5.74) is 7.11. The van der Waals surface area contributed by atoms with Gasteiger partial charge in [0.05, 0.1) is 5.52 Å². The molecule has 1 aliphatic rings. The van der Waals surface area contributed by atoms with Gasteiger partial charge in [0, 0.05) is 18.6 Å². The predicted molar refractivity (Wildman–Crippen MR) is 97.0 cm³/mol. The average molecular weight is 320 g/mol. The fourth-order valence-electron chi connectivity index (χ4n) is 3.18. The van der Waals surface area contributed by atoms with Crippen molar-refractivity contribution < 1.29 is 0 Å². The minimum absolute atomic E-state index is 0.423. The zero-order chi connectivity index (χ0) is 16.5. The summed E-state index contributed by atoms with van der Waals surface area (Å²) in [5.74, 6) is 0.905. The van der Waals surface area contributed by atoms with Crippen molar-refractivity contribution >= 4 is 34.2 Å². The van der Waals surface area contributed by atoms with E-state index in [-0.39, 0.29) is 0 Å². The number of nitrogens with zero attached hydrogens (tertiary/aromatic N) is 5. The van der Waals surface area contributed by atoms with E-state index in [1.807, 2.05) is 36.0 Å². The van der Waals surface area contributed by atoms with Crippen molar-refractivity contribution in [1.82, 2.24) is 19.7 Å². The summed E-state index contributed by atoms with van der Waals surface area (Å²) in [6.45, 7) is 2.18. The Hall–Kier alpha value is -2.76. The average Bonchev–Trinajstić information content (AvgIpc) is 2.90.